The number of carbonyl (C=O) groups excluding carboxylic acids is 2. The van der Waals surface area contributed by atoms with Gasteiger partial charge in [0.15, 0.2) is 5.78 Å². The van der Waals surface area contributed by atoms with E-state index < -0.39 is 5.97 Å². The number of unbranched alkanes of at least 4 members (excludes halogenated alkanes) is 2. The van der Waals surface area contributed by atoms with Crippen molar-refractivity contribution in [3.8, 4) is 11.5 Å². The zero-order valence-electron chi connectivity index (χ0n) is 13.1. The van der Waals surface area contributed by atoms with Crippen molar-refractivity contribution < 1.29 is 19.4 Å². The van der Waals surface area contributed by atoms with Gasteiger partial charge in [-0.05, 0) is 36.8 Å². The molecular weight excluding hydrogens is 292 g/mol. The summed E-state index contributed by atoms with van der Waals surface area (Å²) < 4.78 is 5.24. The maximum Gasteiger partial charge on any atom is 0.343 e. The highest BCUT2D eigenvalue weighted by atomic mass is 16.5. The first kappa shape index (κ1) is 16.7. The van der Waals surface area contributed by atoms with E-state index >= 15 is 0 Å². The van der Waals surface area contributed by atoms with Gasteiger partial charge < -0.3 is 9.84 Å². The van der Waals surface area contributed by atoms with Crippen molar-refractivity contribution in [2.75, 3.05) is 0 Å². The van der Waals surface area contributed by atoms with Crippen LogP contribution in [-0.4, -0.2) is 16.9 Å². The lowest BCUT2D eigenvalue weighted by molar-refractivity contribution is 0.0734. The van der Waals surface area contributed by atoms with E-state index in [-0.39, 0.29) is 22.7 Å². The van der Waals surface area contributed by atoms with Crippen LogP contribution in [0.2, 0.25) is 0 Å². The number of ketones is 1. The van der Waals surface area contributed by atoms with E-state index in [9.17, 15) is 14.7 Å². The zero-order valence-corrected chi connectivity index (χ0v) is 13.1. The largest absolute Gasteiger partial charge is 0.507 e. The van der Waals surface area contributed by atoms with E-state index in [0.29, 0.717) is 12.2 Å². The van der Waals surface area contributed by atoms with Gasteiger partial charge in [-0.1, -0.05) is 38.0 Å². The molecule has 4 nitrogen and oxygen atoms in total. The number of hydrogen-bond acceptors (Lipinski definition) is 4. The van der Waals surface area contributed by atoms with Crippen LogP contribution in [0.15, 0.2) is 48.5 Å². The maximum absolute atomic E-state index is 12.2. The molecule has 4 heteroatoms. The first-order chi connectivity index (χ1) is 11.1. The van der Waals surface area contributed by atoms with E-state index in [1.54, 1.807) is 24.3 Å². The molecule has 0 amide bonds. The van der Waals surface area contributed by atoms with Crippen LogP contribution in [0.3, 0.4) is 0 Å². The molecule has 0 aliphatic carbocycles. The minimum absolute atomic E-state index is 0.109. The normalized spacial score (nSPS) is 10.3. The minimum Gasteiger partial charge on any atom is -0.507 e. The summed E-state index contributed by atoms with van der Waals surface area (Å²) in [6.45, 7) is 2.06. The van der Waals surface area contributed by atoms with Gasteiger partial charge in [0.1, 0.15) is 11.5 Å². The number of aromatic hydroxyl groups is 1. The quantitative estimate of drug-likeness (QED) is 0.357. The third-order valence-electron chi connectivity index (χ3n) is 3.49. The number of benzene rings is 2. The number of para-hydroxylation sites is 1. The molecule has 0 aromatic heterocycles. The Bertz CT molecular complexity index is 677. The van der Waals surface area contributed by atoms with Crippen molar-refractivity contribution in [1.29, 1.82) is 0 Å². The minimum atomic E-state index is -0.557. The number of rotatable bonds is 7. The van der Waals surface area contributed by atoms with Gasteiger partial charge >= 0.3 is 5.97 Å². The summed E-state index contributed by atoms with van der Waals surface area (Å²) in [4.78, 5) is 24.3. The van der Waals surface area contributed by atoms with Crippen LogP contribution >= 0.6 is 0 Å². The Hall–Kier alpha value is -2.62. The summed E-state index contributed by atoms with van der Waals surface area (Å²) in [6, 6.07) is 12.9. The summed E-state index contributed by atoms with van der Waals surface area (Å²) >= 11 is 0. The molecule has 0 aliphatic heterocycles. The Labute approximate surface area is 135 Å². The molecule has 0 saturated heterocycles. The third kappa shape index (κ3) is 4.68. The van der Waals surface area contributed by atoms with Gasteiger partial charge in [-0.3, -0.25) is 4.79 Å². The Morgan fingerprint density at radius 3 is 2.48 bits per heavy atom. The van der Waals surface area contributed by atoms with Gasteiger partial charge in [-0.25, -0.2) is 4.79 Å². The van der Waals surface area contributed by atoms with Gasteiger partial charge in [-0.15, -0.1) is 0 Å². The molecule has 0 spiro atoms. The number of esters is 1. The van der Waals surface area contributed by atoms with Crippen LogP contribution < -0.4 is 4.74 Å². The molecule has 2 aromatic carbocycles. The van der Waals surface area contributed by atoms with Crippen molar-refractivity contribution >= 4 is 11.8 Å². The zero-order chi connectivity index (χ0) is 16.7. The lowest BCUT2D eigenvalue weighted by atomic mass is 10.0. The summed E-state index contributed by atoms with van der Waals surface area (Å²) in [6.07, 6.45) is 3.11. The van der Waals surface area contributed by atoms with Crippen LogP contribution in [0.5, 0.6) is 11.5 Å². The molecular formula is C19H20O4. The van der Waals surface area contributed by atoms with E-state index in [2.05, 4.69) is 6.92 Å². The van der Waals surface area contributed by atoms with Crippen molar-refractivity contribution in [2.45, 2.75) is 32.6 Å². The molecule has 2 aromatic rings. The summed E-state index contributed by atoms with van der Waals surface area (Å²) in [5, 5.41) is 9.86. The second-order valence-corrected chi connectivity index (χ2v) is 5.31. The Morgan fingerprint density at radius 1 is 1.04 bits per heavy atom. The predicted octanol–water partition coefficient (Wildman–Crippen LogP) is 4.37. The highest BCUT2D eigenvalue weighted by Crippen LogP contribution is 2.22. The molecule has 23 heavy (non-hydrogen) atoms. The van der Waals surface area contributed by atoms with Crippen molar-refractivity contribution in [2.24, 2.45) is 0 Å². The van der Waals surface area contributed by atoms with E-state index in [0.717, 1.165) is 19.3 Å². The van der Waals surface area contributed by atoms with Crippen molar-refractivity contribution in [3.05, 3.63) is 59.7 Å². The Balaban J connectivity index is 2.12. The lowest BCUT2D eigenvalue weighted by Gasteiger charge is -2.08. The van der Waals surface area contributed by atoms with E-state index in [4.69, 9.17) is 4.74 Å². The second-order valence-electron chi connectivity index (χ2n) is 5.31. The first-order valence-corrected chi connectivity index (χ1v) is 7.75. The molecule has 1 N–H and O–H groups in total. The molecule has 120 valence electrons. The molecule has 0 atom stereocenters. The molecule has 0 fully saturated rings. The first-order valence-electron chi connectivity index (χ1n) is 7.75. The van der Waals surface area contributed by atoms with Crippen molar-refractivity contribution in [1.82, 2.24) is 0 Å². The average molecular weight is 312 g/mol. The fourth-order valence-electron chi connectivity index (χ4n) is 2.21. The number of Topliss-reactive ketones (excluding diaryl/α,β-unsaturated/α-hetero) is 1. The second kappa shape index (κ2) is 8.13. The Kier molecular flexibility index (Phi) is 5.92. The standard InChI is InChI=1S/C19H20O4/c1-2-3-5-10-17(20)16-13-14(11-12-18(16)21)19(22)23-15-8-6-4-7-9-15/h4,6-9,11-13,21H,2-3,5,10H2,1H3. The molecule has 0 radical (unpaired) electrons. The van der Waals surface area contributed by atoms with Crippen molar-refractivity contribution in [3.63, 3.8) is 0 Å². The van der Waals surface area contributed by atoms with Crippen LogP contribution in [-0.2, 0) is 0 Å². The third-order valence-corrected chi connectivity index (χ3v) is 3.49. The molecule has 0 unspecified atom stereocenters. The fraction of sp³-hybridized carbons (Fsp3) is 0.263. The smallest absolute Gasteiger partial charge is 0.343 e. The van der Waals surface area contributed by atoms with Crippen LogP contribution in [0, 0.1) is 0 Å². The average Bonchev–Trinajstić information content (AvgIpc) is 2.56. The molecule has 2 rings (SSSR count). The fourth-order valence-corrected chi connectivity index (χ4v) is 2.21. The monoisotopic (exact) mass is 312 g/mol. The molecule has 0 bridgehead atoms. The SMILES string of the molecule is CCCCCC(=O)c1cc(C(=O)Oc2ccccc2)ccc1O. The topological polar surface area (TPSA) is 63.6 Å². The van der Waals surface area contributed by atoms with Gasteiger partial charge in [0.2, 0.25) is 0 Å². The predicted molar refractivity (Wildman–Crippen MR) is 88.0 cm³/mol. The summed E-state index contributed by atoms with van der Waals surface area (Å²) in [5.41, 5.74) is 0.411. The highest BCUT2D eigenvalue weighted by Gasteiger charge is 2.16. The number of phenolic OH excluding ortho intramolecular Hbond substituents is 1. The van der Waals surface area contributed by atoms with Crippen LogP contribution in [0.25, 0.3) is 0 Å². The van der Waals surface area contributed by atoms with E-state index in [1.807, 2.05) is 6.07 Å². The van der Waals surface area contributed by atoms with Gasteiger partial charge in [-0.2, -0.15) is 0 Å². The highest BCUT2D eigenvalue weighted by molar-refractivity contribution is 6.01. The number of phenols is 1. The number of hydrogen-bond donors (Lipinski definition) is 1. The molecule has 0 aliphatic rings. The molecule has 0 heterocycles. The lowest BCUT2D eigenvalue weighted by Crippen LogP contribution is -2.10. The van der Waals surface area contributed by atoms with Gasteiger partial charge in [0.05, 0.1) is 11.1 Å². The van der Waals surface area contributed by atoms with Crippen LogP contribution in [0.1, 0.15) is 53.3 Å². The Morgan fingerprint density at radius 2 is 1.78 bits per heavy atom. The number of carbonyl (C=O) groups is 2. The van der Waals surface area contributed by atoms with Crippen LogP contribution in [0.4, 0.5) is 0 Å². The van der Waals surface area contributed by atoms with Gasteiger partial charge in [0, 0.05) is 6.42 Å². The number of ether oxygens (including phenoxy) is 1. The van der Waals surface area contributed by atoms with E-state index in [1.165, 1.54) is 18.2 Å². The molecule has 0 saturated carbocycles. The maximum atomic E-state index is 12.2. The van der Waals surface area contributed by atoms with Gasteiger partial charge in [0.25, 0.3) is 0 Å². The summed E-state index contributed by atoms with van der Waals surface area (Å²) in [5.74, 6) is -0.395. The summed E-state index contributed by atoms with van der Waals surface area (Å²) in [7, 11) is 0.